The Balaban J connectivity index is 2.06. The van der Waals surface area contributed by atoms with E-state index in [-0.39, 0.29) is 11.1 Å². The van der Waals surface area contributed by atoms with Crippen LogP contribution in [0, 0.1) is 5.92 Å². The van der Waals surface area contributed by atoms with Crippen molar-refractivity contribution in [2.75, 3.05) is 23.4 Å². The molecule has 0 amide bonds. The number of hydrogen-bond donors (Lipinski definition) is 1. The van der Waals surface area contributed by atoms with Crippen molar-refractivity contribution in [1.29, 1.82) is 0 Å². The van der Waals surface area contributed by atoms with Crippen LogP contribution in [-0.4, -0.2) is 27.6 Å². The van der Waals surface area contributed by atoms with Crippen LogP contribution in [0.4, 0.5) is 5.82 Å². The fourth-order valence-corrected chi connectivity index (χ4v) is 3.46. The van der Waals surface area contributed by atoms with Gasteiger partial charge in [0.05, 0.1) is 0 Å². The highest BCUT2D eigenvalue weighted by atomic mass is 32.2. The monoisotopic (exact) mass is 281 g/mol. The zero-order valence-corrected chi connectivity index (χ0v) is 12.8. The predicted molar refractivity (Wildman–Crippen MR) is 82.0 cm³/mol. The smallest absolute Gasteiger partial charge is 0.293 e. The van der Waals surface area contributed by atoms with Crippen molar-refractivity contribution in [3.8, 4) is 0 Å². The molecule has 5 heteroatoms. The quantitative estimate of drug-likeness (QED) is 0.925. The zero-order valence-electron chi connectivity index (χ0n) is 12.0. The highest BCUT2D eigenvalue weighted by molar-refractivity contribution is 7.99. The number of thioether (sulfide) groups is 1. The van der Waals surface area contributed by atoms with Crippen molar-refractivity contribution in [3.05, 3.63) is 22.7 Å². The summed E-state index contributed by atoms with van der Waals surface area (Å²) < 4.78 is 1.74. The zero-order chi connectivity index (χ0) is 13.9. The Hall–Kier alpha value is -0.970. The summed E-state index contributed by atoms with van der Waals surface area (Å²) in [5, 5.41) is 3.24. The summed E-state index contributed by atoms with van der Waals surface area (Å²) in [4.78, 5) is 16.5. The van der Waals surface area contributed by atoms with Crippen molar-refractivity contribution >= 4 is 17.6 Å². The molecule has 1 fully saturated rings. The van der Waals surface area contributed by atoms with E-state index in [1.807, 2.05) is 32.5 Å². The molecule has 0 atom stereocenters. The molecule has 4 nitrogen and oxygen atoms in total. The first-order chi connectivity index (χ1) is 8.98. The fourth-order valence-electron chi connectivity index (χ4n) is 2.25. The largest absolute Gasteiger partial charge is 0.365 e. The van der Waals surface area contributed by atoms with E-state index in [0.717, 1.165) is 6.54 Å². The molecule has 0 spiro atoms. The minimum atomic E-state index is -0.210. The van der Waals surface area contributed by atoms with E-state index in [2.05, 4.69) is 10.3 Å². The third-order valence-corrected chi connectivity index (χ3v) is 4.51. The van der Waals surface area contributed by atoms with Gasteiger partial charge in [0.25, 0.3) is 5.56 Å². The lowest BCUT2D eigenvalue weighted by Crippen LogP contribution is -2.35. The lowest BCUT2D eigenvalue weighted by molar-refractivity contribution is 0.383. The molecule has 0 radical (unpaired) electrons. The standard InChI is InChI=1S/C14H23N3OS/c1-14(2,3)17-7-6-15-12(13(17)18)16-10-11-4-8-19-9-5-11/h6-7,11H,4-5,8-10H2,1-3H3,(H,15,16). The first-order valence-corrected chi connectivity index (χ1v) is 8.04. The van der Waals surface area contributed by atoms with Gasteiger partial charge in [0.15, 0.2) is 5.82 Å². The summed E-state index contributed by atoms with van der Waals surface area (Å²) in [6.07, 6.45) is 5.92. The SMILES string of the molecule is CC(C)(C)n1ccnc(NCC2CCSCC2)c1=O. The lowest BCUT2D eigenvalue weighted by atomic mass is 10.0. The van der Waals surface area contributed by atoms with Crippen LogP contribution in [0.3, 0.4) is 0 Å². The summed E-state index contributed by atoms with van der Waals surface area (Å²) in [5.74, 6) is 3.63. The van der Waals surface area contributed by atoms with Gasteiger partial charge in [0, 0.05) is 24.5 Å². The molecule has 0 bridgehead atoms. The van der Waals surface area contributed by atoms with Crippen LogP contribution in [0.15, 0.2) is 17.2 Å². The van der Waals surface area contributed by atoms with Crippen LogP contribution in [0.1, 0.15) is 33.6 Å². The predicted octanol–water partition coefficient (Wildman–Crippen LogP) is 2.55. The van der Waals surface area contributed by atoms with Crippen LogP contribution in [0.2, 0.25) is 0 Å². The van der Waals surface area contributed by atoms with Gasteiger partial charge >= 0.3 is 0 Å². The maximum atomic E-state index is 12.3. The molecule has 1 N–H and O–H groups in total. The Bertz CT molecular complexity index is 472. The Kier molecular flexibility index (Phi) is 4.55. The van der Waals surface area contributed by atoms with Crippen LogP contribution in [-0.2, 0) is 5.54 Å². The maximum Gasteiger partial charge on any atom is 0.293 e. The van der Waals surface area contributed by atoms with E-state index in [1.165, 1.54) is 24.3 Å². The van der Waals surface area contributed by atoms with E-state index in [9.17, 15) is 4.79 Å². The number of nitrogens with one attached hydrogen (secondary N) is 1. The van der Waals surface area contributed by atoms with Gasteiger partial charge in [-0.05, 0) is 51.0 Å². The second kappa shape index (κ2) is 5.99. The van der Waals surface area contributed by atoms with Crippen LogP contribution >= 0.6 is 11.8 Å². The van der Waals surface area contributed by atoms with Crippen molar-refractivity contribution in [1.82, 2.24) is 9.55 Å². The van der Waals surface area contributed by atoms with Crippen molar-refractivity contribution in [2.45, 2.75) is 39.2 Å². The molecule has 1 aromatic heterocycles. The molecule has 0 aliphatic carbocycles. The van der Waals surface area contributed by atoms with Gasteiger partial charge in [-0.25, -0.2) is 4.98 Å². The summed E-state index contributed by atoms with van der Waals surface area (Å²) in [7, 11) is 0. The molecular weight excluding hydrogens is 258 g/mol. The van der Waals surface area contributed by atoms with Gasteiger partial charge in [-0.1, -0.05) is 0 Å². The van der Waals surface area contributed by atoms with E-state index in [1.54, 1.807) is 17.0 Å². The van der Waals surface area contributed by atoms with Gasteiger partial charge in [-0.15, -0.1) is 0 Å². The average Bonchev–Trinajstić information content (AvgIpc) is 2.37. The van der Waals surface area contributed by atoms with E-state index < -0.39 is 0 Å². The first kappa shape index (κ1) is 14.4. The third-order valence-electron chi connectivity index (χ3n) is 3.46. The number of anilines is 1. The minimum absolute atomic E-state index is 0.0276. The maximum absolute atomic E-state index is 12.3. The number of rotatable bonds is 3. The van der Waals surface area contributed by atoms with Gasteiger partial charge in [-0.2, -0.15) is 11.8 Å². The molecule has 2 heterocycles. The Morgan fingerprint density at radius 2 is 2.11 bits per heavy atom. The van der Waals surface area contributed by atoms with Crippen molar-refractivity contribution < 1.29 is 0 Å². The summed E-state index contributed by atoms with van der Waals surface area (Å²) >= 11 is 2.02. The molecule has 2 rings (SSSR count). The average molecular weight is 281 g/mol. The number of hydrogen-bond acceptors (Lipinski definition) is 4. The molecule has 19 heavy (non-hydrogen) atoms. The Morgan fingerprint density at radius 3 is 2.74 bits per heavy atom. The molecule has 1 aliphatic rings. The van der Waals surface area contributed by atoms with E-state index in [4.69, 9.17) is 0 Å². The van der Waals surface area contributed by atoms with Crippen molar-refractivity contribution in [2.24, 2.45) is 5.92 Å². The molecule has 1 aliphatic heterocycles. The van der Waals surface area contributed by atoms with Gasteiger partial charge in [0.1, 0.15) is 0 Å². The molecule has 1 aromatic rings. The lowest BCUT2D eigenvalue weighted by Gasteiger charge is -2.24. The van der Waals surface area contributed by atoms with Crippen LogP contribution in [0.5, 0.6) is 0 Å². The Labute approximate surface area is 119 Å². The normalized spacial score (nSPS) is 17.4. The second-order valence-corrected chi connectivity index (χ2v) is 7.28. The van der Waals surface area contributed by atoms with Gasteiger partial charge in [-0.3, -0.25) is 4.79 Å². The Morgan fingerprint density at radius 1 is 1.42 bits per heavy atom. The second-order valence-electron chi connectivity index (χ2n) is 6.06. The summed E-state index contributed by atoms with van der Waals surface area (Å²) in [6.45, 7) is 6.93. The molecule has 1 saturated heterocycles. The molecular formula is C14H23N3OS. The van der Waals surface area contributed by atoms with Gasteiger partial charge in [0.2, 0.25) is 0 Å². The molecule has 106 valence electrons. The van der Waals surface area contributed by atoms with Crippen LogP contribution in [0.25, 0.3) is 0 Å². The number of aromatic nitrogens is 2. The fraction of sp³-hybridized carbons (Fsp3) is 0.714. The van der Waals surface area contributed by atoms with Crippen LogP contribution < -0.4 is 10.9 Å². The molecule has 0 saturated carbocycles. The third kappa shape index (κ3) is 3.75. The highest BCUT2D eigenvalue weighted by Gasteiger charge is 2.18. The number of nitrogens with zero attached hydrogens (tertiary/aromatic N) is 2. The summed E-state index contributed by atoms with van der Waals surface area (Å²) in [6, 6.07) is 0. The molecule has 0 aromatic carbocycles. The van der Waals surface area contributed by atoms with Gasteiger partial charge < -0.3 is 9.88 Å². The minimum Gasteiger partial charge on any atom is -0.365 e. The molecule has 0 unspecified atom stereocenters. The van der Waals surface area contributed by atoms with Crippen molar-refractivity contribution in [3.63, 3.8) is 0 Å². The topological polar surface area (TPSA) is 46.9 Å². The van der Waals surface area contributed by atoms with E-state index in [0.29, 0.717) is 11.7 Å². The summed E-state index contributed by atoms with van der Waals surface area (Å²) in [5.41, 5.74) is -0.238. The highest BCUT2D eigenvalue weighted by Crippen LogP contribution is 2.22. The van der Waals surface area contributed by atoms with E-state index >= 15 is 0 Å². The first-order valence-electron chi connectivity index (χ1n) is 6.88.